The lowest BCUT2D eigenvalue weighted by atomic mass is 10.1. The molecule has 0 atom stereocenters. The highest BCUT2D eigenvalue weighted by molar-refractivity contribution is 9.09. The molecular weight excluding hydrogens is 288 g/mol. The lowest BCUT2D eigenvalue weighted by Crippen LogP contribution is -2.36. The van der Waals surface area contributed by atoms with Crippen molar-refractivity contribution in [2.45, 2.75) is 19.3 Å². The Morgan fingerprint density at radius 1 is 1.24 bits per heavy atom. The zero-order valence-electron chi connectivity index (χ0n) is 10.0. The van der Waals surface area contributed by atoms with E-state index >= 15 is 0 Å². The summed E-state index contributed by atoms with van der Waals surface area (Å²) in [6.07, 6.45) is 0.888. The van der Waals surface area contributed by atoms with E-state index in [2.05, 4.69) is 15.9 Å². The van der Waals surface area contributed by atoms with Gasteiger partial charge in [0.15, 0.2) is 0 Å². The standard InChI is InChI=1S/C13H18BrF2N/c1-2-17(10-6-9-14)11-13(15,16)12-7-4-3-5-8-12/h3-5,7-8H,2,6,9-11H2,1H3. The number of nitrogens with zero attached hydrogens (tertiary/aromatic N) is 1. The number of hydrogen-bond donors (Lipinski definition) is 0. The second-order valence-electron chi connectivity index (χ2n) is 3.98. The molecule has 0 saturated carbocycles. The van der Waals surface area contributed by atoms with Gasteiger partial charge in [0, 0.05) is 10.9 Å². The van der Waals surface area contributed by atoms with Gasteiger partial charge in [0.25, 0.3) is 5.92 Å². The predicted octanol–water partition coefficient (Wildman–Crippen LogP) is 3.89. The molecular formula is C13H18BrF2N. The van der Waals surface area contributed by atoms with Gasteiger partial charge in [-0.2, -0.15) is 8.78 Å². The summed E-state index contributed by atoms with van der Waals surface area (Å²) in [5.74, 6) is -2.77. The van der Waals surface area contributed by atoms with Gasteiger partial charge in [0.1, 0.15) is 0 Å². The first-order valence-electron chi connectivity index (χ1n) is 5.82. The van der Waals surface area contributed by atoms with Crippen molar-refractivity contribution in [2.75, 3.05) is 25.0 Å². The summed E-state index contributed by atoms with van der Waals surface area (Å²) in [6, 6.07) is 8.02. The third kappa shape index (κ3) is 4.72. The Morgan fingerprint density at radius 3 is 2.41 bits per heavy atom. The van der Waals surface area contributed by atoms with Gasteiger partial charge in [-0.05, 0) is 19.5 Å². The van der Waals surface area contributed by atoms with Crippen LogP contribution in [0.4, 0.5) is 8.78 Å². The summed E-state index contributed by atoms with van der Waals surface area (Å²) in [5.41, 5.74) is 0.0947. The van der Waals surface area contributed by atoms with Crippen LogP contribution in [0, 0.1) is 0 Å². The van der Waals surface area contributed by atoms with Crippen molar-refractivity contribution in [3.05, 3.63) is 35.9 Å². The van der Waals surface area contributed by atoms with Gasteiger partial charge in [-0.1, -0.05) is 53.2 Å². The minimum absolute atomic E-state index is 0.0947. The topological polar surface area (TPSA) is 3.24 Å². The Labute approximate surface area is 110 Å². The van der Waals surface area contributed by atoms with Gasteiger partial charge in [-0.15, -0.1) is 0 Å². The van der Waals surface area contributed by atoms with Crippen LogP contribution in [0.15, 0.2) is 30.3 Å². The van der Waals surface area contributed by atoms with Crippen LogP contribution in [0.1, 0.15) is 18.9 Å². The Bertz CT molecular complexity index is 316. The van der Waals surface area contributed by atoms with Crippen LogP contribution < -0.4 is 0 Å². The molecule has 0 fully saturated rings. The van der Waals surface area contributed by atoms with E-state index in [4.69, 9.17) is 0 Å². The van der Waals surface area contributed by atoms with Crippen molar-refractivity contribution in [2.24, 2.45) is 0 Å². The van der Waals surface area contributed by atoms with E-state index in [1.807, 2.05) is 6.92 Å². The first-order valence-corrected chi connectivity index (χ1v) is 6.94. The Balaban J connectivity index is 2.64. The van der Waals surface area contributed by atoms with Gasteiger partial charge in [0.05, 0.1) is 6.54 Å². The largest absolute Gasteiger partial charge is 0.297 e. The fourth-order valence-corrected chi connectivity index (χ4v) is 1.94. The number of likely N-dealkylation sites (N-methyl/N-ethyl adjacent to an activating group) is 1. The summed E-state index contributed by atoms with van der Waals surface area (Å²) < 4.78 is 27.9. The van der Waals surface area contributed by atoms with Gasteiger partial charge >= 0.3 is 0 Å². The minimum atomic E-state index is -2.77. The quantitative estimate of drug-likeness (QED) is 0.691. The average Bonchev–Trinajstić information content (AvgIpc) is 2.35. The fourth-order valence-electron chi connectivity index (χ4n) is 1.69. The van der Waals surface area contributed by atoms with E-state index in [1.165, 1.54) is 12.1 Å². The molecule has 0 saturated heterocycles. The fraction of sp³-hybridized carbons (Fsp3) is 0.538. The third-order valence-corrected chi connectivity index (χ3v) is 3.23. The molecule has 1 nitrogen and oxygen atoms in total. The van der Waals surface area contributed by atoms with Crippen LogP contribution in [0.25, 0.3) is 0 Å². The summed E-state index contributed by atoms with van der Waals surface area (Å²) in [5, 5.41) is 0.848. The molecule has 4 heteroatoms. The highest BCUT2D eigenvalue weighted by atomic mass is 79.9. The first kappa shape index (κ1) is 14.6. The first-order chi connectivity index (χ1) is 8.10. The van der Waals surface area contributed by atoms with E-state index < -0.39 is 5.92 Å². The molecule has 0 radical (unpaired) electrons. The van der Waals surface area contributed by atoms with Crippen molar-refractivity contribution >= 4 is 15.9 Å². The monoisotopic (exact) mass is 305 g/mol. The zero-order valence-corrected chi connectivity index (χ0v) is 11.6. The third-order valence-electron chi connectivity index (χ3n) is 2.67. The van der Waals surface area contributed by atoms with E-state index in [-0.39, 0.29) is 12.1 Å². The molecule has 0 aliphatic rings. The molecule has 0 spiro atoms. The number of halogens is 3. The number of rotatable bonds is 7. The van der Waals surface area contributed by atoms with E-state index in [9.17, 15) is 8.78 Å². The van der Waals surface area contributed by atoms with Gasteiger partial charge < -0.3 is 0 Å². The normalized spacial score (nSPS) is 12.1. The van der Waals surface area contributed by atoms with E-state index in [0.717, 1.165) is 11.8 Å². The zero-order chi connectivity index (χ0) is 12.7. The molecule has 1 aromatic carbocycles. The predicted molar refractivity (Wildman–Crippen MR) is 70.9 cm³/mol. The summed E-state index contributed by atoms with van der Waals surface area (Å²) in [4.78, 5) is 1.79. The number of benzene rings is 1. The maximum atomic E-state index is 14.0. The number of alkyl halides is 3. The smallest absolute Gasteiger partial charge is 0.285 e. The van der Waals surface area contributed by atoms with Crippen molar-refractivity contribution in [1.29, 1.82) is 0 Å². The molecule has 1 aromatic rings. The van der Waals surface area contributed by atoms with Crippen LogP contribution >= 0.6 is 15.9 Å². The maximum Gasteiger partial charge on any atom is 0.285 e. The van der Waals surface area contributed by atoms with Gasteiger partial charge in [0.2, 0.25) is 0 Å². The average molecular weight is 306 g/mol. The SMILES string of the molecule is CCN(CCCBr)CC(F)(F)c1ccccc1. The van der Waals surface area contributed by atoms with Gasteiger partial charge in [-0.25, -0.2) is 0 Å². The molecule has 0 aliphatic carbocycles. The van der Waals surface area contributed by atoms with Crippen molar-refractivity contribution in [3.63, 3.8) is 0 Å². The van der Waals surface area contributed by atoms with Crippen molar-refractivity contribution in [3.8, 4) is 0 Å². The van der Waals surface area contributed by atoms with Crippen LogP contribution in [0.3, 0.4) is 0 Å². The molecule has 96 valence electrons. The highest BCUT2D eigenvalue weighted by Crippen LogP contribution is 2.28. The minimum Gasteiger partial charge on any atom is -0.297 e. The highest BCUT2D eigenvalue weighted by Gasteiger charge is 2.33. The maximum absolute atomic E-state index is 14.0. The second kappa shape index (κ2) is 7.07. The summed E-state index contributed by atoms with van der Waals surface area (Å²) in [6.45, 7) is 3.05. The van der Waals surface area contributed by atoms with Gasteiger partial charge in [-0.3, -0.25) is 4.90 Å². The Morgan fingerprint density at radius 2 is 1.88 bits per heavy atom. The molecule has 0 unspecified atom stereocenters. The van der Waals surface area contributed by atoms with E-state index in [0.29, 0.717) is 13.1 Å². The van der Waals surface area contributed by atoms with Crippen LogP contribution in [0.5, 0.6) is 0 Å². The van der Waals surface area contributed by atoms with E-state index in [1.54, 1.807) is 23.1 Å². The van der Waals surface area contributed by atoms with Crippen LogP contribution in [-0.2, 0) is 5.92 Å². The summed E-state index contributed by atoms with van der Waals surface area (Å²) in [7, 11) is 0. The Kier molecular flexibility index (Phi) is 6.06. The number of hydrogen-bond acceptors (Lipinski definition) is 1. The van der Waals surface area contributed by atoms with Crippen molar-refractivity contribution < 1.29 is 8.78 Å². The molecule has 0 bridgehead atoms. The molecule has 0 aromatic heterocycles. The van der Waals surface area contributed by atoms with Crippen LogP contribution in [-0.4, -0.2) is 29.9 Å². The van der Waals surface area contributed by atoms with Crippen LogP contribution in [0.2, 0.25) is 0 Å². The lowest BCUT2D eigenvalue weighted by Gasteiger charge is -2.26. The Hall–Kier alpha value is -0.480. The molecule has 0 aliphatic heterocycles. The summed E-state index contributed by atoms with van der Waals surface area (Å²) >= 11 is 3.32. The molecule has 1 rings (SSSR count). The molecule has 0 amide bonds. The molecule has 0 heterocycles. The molecule has 17 heavy (non-hydrogen) atoms. The molecule has 0 N–H and O–H groups in total. The lowest BCUT2D eigenvalue weighted by molar-refractivity contribution is -0.0367. The van der Waals surface area contributed by atoms with Crippen molar-refractivity contribution in [1.82, 2.24) is 4.90 Å². The second-order valence-corrected chi connectivity index (χ2v) is 4.77.